The van der Waals surface area contributed by atoms with Crippen molar-refractivity contribution < 1.29 is 23.3 Å². The topological polar surface area (TPSA) is 64.6 Å². The maximum absolute atomic E-state index is 14.0. The summed E-state index contributed by atoms with van der Waals surface area (Å²) >= 11 is 1.50. The molecular formula is C29H32N2O4PS+. The van der Waals surface area contributed by atoms with Crippen molar-refractivity contribution in [3.05, 3.63) is 106 Å². The SMILES string of the molecule is O=C(C[N+]1(CCCNP2(=O)C=C(c3ccccc3)OC(c3ccccc3)=C2)CCOCC1)c1cccs1. The first-order chi connectivity index (χ1) is 18.0. The van der Waals surface area contributed by atoms with E-state index in [1.807, 2.05) is 78.2 Å². The third kappa shape index (κ3) is 6.56. The van der Waals surface area contributed by atoms with Crippen LogP contribution < -0.4 is 5.09 Å². The Kier molecular flexibility index (Phi) is 8.18. The van der Waals surface area contributed by atoms with Gasteiger partial charge in [-0.25, -0.2) is 0 Å². The number of carbonyl (C=O) groups is 1. The minimum atomic E-state index is -3.01. The van der Waals surface area contributed by atoms with E-state index in [-0.39, 0.29) is 5.78 Å². The summed E-state index contributed by atoms with van der Waals surface area (Å²) in [6.45, 7) is 4.83. The summed E-state index contributed by atoms with van der Waals surface area (Å²) in [4.78, 5) is 13.7. The normalized spacial score (nSPS) is 18.4. The zero-order valence-corrected chi connectivity index (χ0v) is 22.5. The van der Waals surface area contributed by atoms with Crippen LogP contribution in [-0.2, 0) is 14.0 Å². The fourth-order valence-corrected chi connectivity index (χ4v) is 7.32. The third-order valence-corrected chi connectivity index (χ3v) is 9.68. The quantitative estimate of drug-likeness (QED) is 0.148. The van der Waals surface area contributed by atoms with Crippen LogP contribution in [0, 0.1) is 0 Å². The standard InChI is InChI=1S/C29H32N2O4PS/c32-26(29-13-7-20-37-29)21-31(16-18-34-19-17-31)15-8-14-30-36(33)22-27(24-9-3-1-4-10-24)35-28(23-36)25-11-5-2-6-12-25/h1-7,9-13,20,22-23H,8,14-19,21H2,(H,30,33)/q+1. The highest BCUT2D eigenvalue weighted by atomic mass is 32.1. The highest BCUT2D eigenvalue weighted by Crippen LogP contribution is 2.53. The van der Waals surface area contributed by atoms with Crippen molar-refractivity contribution in [2.24, 2.45) is 0 Å². The molecule has 0 radical (unpaired) electrons. The number of hydrogen-bond donors (Lipinski definition) is 1. The second-order valence-electron chi connectivity index (χ2n) is 9.48. The van der Waals surface area contributed by atoms with Gasteiger partial charge in [-0.15, -0.1) is 11.3 Å². The number of carbonyl (C=O) groups excluding carboxylic acids is 1. The molecule has 3 heterocycles. The fourth-order valence-electron chi connectivity index (χ4n) is 4.80. The lowest BCUT2D eigenvalue weighted by Gasteiger charge is -2.40. The molecule has 2 aromatic carbocycles. The predicted molar refractivity (Wildman–Crippen MR) is 149 cm³/mol. The van der Waals surface area contributed by atoms with Gasteiger partial charge in [0.2, 0.25) is 5.78 Å². The van der Waals surface area contributed by atoms with E-state index in [0.29, 0.717) is 42.3 Å². The van der Waals surface area contributed by atoms with Crippen molar-refractivity contribution in [2.75, 3.05) is 45.9 Å². The van der Waals surface area contributed by atoms with Gasteiger partial charge in [-0.05, 0) is 11.4 Å². The van der Waals surface area contributed by atoms with Gasteiger partial charge in [0.25, 0.3) is 0 Å². The average molecular weight is 536 g/mol. The van der Waals surface area contributed by atoms with E-state index in [1.165, 1.54) is 11.3 Å². The lowest BCUT2D eigenvalue weighted by atomic mass is 10.2. The number of ether oxygens (including phenoxy) is 2. The summed E-state index contributed by atoms with van der Waals surface area (Å²) in [6, 6.07) is 23.3. The smallest absolute Gasteiger partial charge is 0.226 e. The fraction of sp³-hybridized carbons (Fsp3) is 0.276. The molecule has 0 unspecified atom stereocenters. The van der Waals surface area contributed by atoms with Crippen molar-refractivity contribution in [1.29, 1.82) is 0 Å². The van der Waals surface area contributed by atoms with E-state index in [2.05, 4.69) is 5.09 Å². The molecule has 3 aromatic rings. The second kappa shape index (κ2) is 11.7. The zero-order chi connectivity index (χ0) is 25.6. The summed E-state index contributed by atoms with van der Waals surface area (Å²) in [6.07, 6.45) is 0.797. The van der Waals surface area contributed by atoms with Crippen LogP contribution in [0.25, 0.3) is 11.5 Å². The van der Waals surface area contributed by atoms with Gasteiger partial charge < -0.3 is 14.0 Å². The largest absolute Gasteiger partial charge is 0.456 e. The summed E-state index contributed by atoms with van der Waals surface area (Å²) in [5.41, 5.74) is 1.77. The van der Waals surface area contributed by atoms with Crippen molar-refractivity contribution in [1.82, 2.24) is 5.09 Å². The lowest BCUT2D eigenvalue weighted by Crippen LogP contribution is -2.58. The molecule has 1 aromatic heterocycles. The number of nitrogens with one attached hydrogen (secondary N) is 1. The monoisotopic (exact) mass is 535 g/mol. The first kappa shape index (κ1) is 25.8. The number of quaternary nitrogens is 1. The number of benzene rings is 2. The highest BCUT2D eigenvalue weighted by molar-refractivity contribution is 7.68. The van der Waals surface area contributed by atoms with E-state index >= 15 is 0 Å². The molecular weight excluding hydrogens is 503 g/mol. The molecule has 2 aliphatic heterocycles. The average Bonchev–Trinajstić information content (AvgIpc) is 3.48. The number of Topliss-reactive ketones (excluding diaryl/α,β-unsaturated/α-hetero) is 1. The van der Waals surface area contributed by atoms with Gasteiger partial charge in [-0.2, -0.15) is 0 Å². The van der Waals surface area contributed by atoms with Crippen LogP contribution in [0.3, 0.4) is 0 Å². The molecule has 0 bridgehead atoms. The Labute approximate surface area is 222 Å². The molecule has 8 heteroatoms. The van der Waals surface area contributed by atoms with Crippen LogP contribution in [0.2, 0.25) is 0 Å². The van der Waals surface area contributed by atoms with Gasteiger partial charge in [-0.1, -0.05) is 66.7 Å². The van der Waals surface area contributed by atoms with Crippen LogP contribution in [0.15, 0.2) is 89.8 Å². The lowest BCUT2D eigenvalue weighted by molar-refractivity contribution is -0.927. The maximum atomic E-state index is 14.0. The number of thiophene rings is 1. The van der Waals surface area contributed by atoms with Crippen molar-refractivity contribution in [3.63, 3.8) is 0 Å². The zero-order valence-electron chi connectivity index (χ0n) is 20.8. The number of nitrogens with zero attached hydrogens (tertiary/aromatic N) is 1. The molecule has 0 aliphatic carbocycles. The number of rotatable bonds is 10. The molecule has 0 spiro atoms. The summed E-state index contributed by atoms with van der Waals surface area (Å²) in [7, 11) is -3.01. The van der Waals surface area contributed by atoms with E-state index < -0.39 is 7.29 Å². The van der Waals surface area contributed by atoms with Gasteiger partial charge in [0, 0.05) is 35.7 Å². The van der Waals surface area contributed by atoms with E-state index in [9.17, 15) is 9.36 Å². The Hall–Kier alpha value is -2.80. The summed E-state index contributed by atoms with van der Waals surface area (Å²) in [5, 5.41) is 5.28. The van der Waals surface area contributed by atoms with E-state index in [0.717, 1.165) is 42.1 Å². The molecule has 1 saturated heterocycles. The third-order valence-electron chi connectivity index (χ3n) is 6.82. The Morgan fingerprint density at radius 2 is 1.51 bits per heavy atom. The minimum absolute atomic E-state index is 0.188. The number of hydrogen-bond acceptors (Lipinski definition) is 5. The molecule has 192 valence electrons. The van der Waals surface area contributed by atoms with Gasteiger partial charge in [0.15, 0.2) is 7.29 Å². The van der Waals surface area contributed by atoms with Crippen molar-refractivity contribution in [2.45, 2.75) is 6.42 Å². The molecule has 0 saturated carbocycles. The maximum Gasteiger partial charge on any atom is 0.226 e. The molecule has 0 atom stereocenters. The summed E-state index contributed by atoms with van der Waals surface area (Å²) < 4.78 is 26.6. The van der Waals surface area contributed by atoms with Gasteiger partial charge in [0.05, 0.1) is 24.6 Å². The molecule has 2 aliphatic rings. The highest BCUT2D eigenvalue weighted by Gasteiger charge is 2.34. The Morgan fingerprint density at radius 1 is 0.892 bits per heavy atom. The molecule has 5 rings (SSSR count). The first-order valence-corrected chi connectivity index (χ1v) is 15.4. The molecule has 1 N–H and O–H groups in total. The Morgan fingerprint density at radius 3 is 2.08 bits per heavy atom. The minimum Gasteiger partial charge on any atom is -0.456 e. The van der Waals surface area contributed by atoms with Crippen LogP contribution in [0.1, 0.15) is 27.2 Å². The molecule has 37 heavy (non-hydrogen) atoms. The van der Waals surface area contributed by atoms with Gasteiger partial charge >= 0.3 is 0 Å². The van der Waals surface area contributed by atoms with Crippen molar-refractivity contribution in [3.8, 4) is 0 Å². The van der Waals surface area contributed by atoms with Crippen LogP contribution in [0.5, 0.6) is 0 Å². The van der Waals surface area contributed by atoms with Crippen LogP contribution in [0.4, 0.5) is 0 Å². The summed E-state index contributed by atoms with van der Waals surface area (Å²) in [5.74, 6) is 4.84. The van der Waals surface area contributed by atoms with E-state index in [4.69, 9.17) is 9.47 Å². The Balaban J connectivity index is 1.29. The molecule has 1 fully saturated rings. The predicted octanol–water partition coefficient (Wildman–Crippen LogP) is 6.06. The van der Waals surface area contributed by atoms with Crippen LogP contribution in [-0.4, -0.2) is 56.2 Å². The van der Waals surface area contributed by atoms with Crippen LogP contribution >= 0.6 is 18.6 Å². The number of ketones is 1. The molecule has 0 amide bonds. The Bertz CT molecular complexity index is 1240. The van der Waals surface area contributed by atoms with Crippen molar-refractivity contribution >= 4 is 35.9 Å². The van der Waals surface area contributed by atoms with Gasteiger partial charge in [0.1, 0.15) is 31.2 Å². The number of morpholine rings is 1. The van der Waals surface area contributed by atoms with E-state index in [1.54, 1.807) is 11.6 Å². The molecule has 6 nitrogen and oxygen atoms in total. The van der Waals surface area contributed by atoms with Gasteiger partial charge in [-0.3, -0.25) is 14.4 Å². The second-order valence-corrected chi connectivity index (χ2v) is 12.7. The first-order valence-electron chi connectivity index (χ1n) is 12.6.